The molecule has 0 saturated heterocycles. The smallest absolute Gasteiger partial charge is 0.135 e. The first kappa shape index (κ1) is 36.9. The molecule has 0 atom stereocenters. The Labute approximate surface area is 368 Å². The van der Waals surface area contributed by atoms with E-state index in [4.69, 9.17) is 4.42 Å². The number of fused-ring (bicyclic) bond motifs is 7. The fourth-order valence-electron chi connectivity index (χ4n) is 10.1. The van der Waals surface area contributed by atoms with Gasteiger partial charge in [-0.3, -0.25) is 0 Å². The van der Waals surface area contributed by atoms with Crippen molar-refractivity contribution in [3.63, 3.8) is 0 Å². The maximum absolute atomic E-state index is 6.15. The van der Waals surface area contributed by atoms with E-state index >= 15 is 0 Å². The predicted molar refractivity (Wildman–Crippen MR) is 265 cm³/mol. The van der Waals surface area contributed by atoms with Crippen molar-refractivity contribution in [2.75, 3.05) is 4.90 Å². The van der Waals surface area contributed by atoms with Gasteiger partial charge in [0.1, 0.15) is 11.2 Å². The minimum absolute atomic E-state index is 0.0963. The summed E-state index contributed by atoms with van der Waals surface area (Å²) in [5.41, 5.74) is 20.1. The Kier molecular flexibility index (Phi) is 8.55. The van der Waals surface area contributed by atoms with E-state index in [-0.39, 0.29) is 5.41 Å². The van der Waals surface area contributed by atoms with Gasteiger partial charge in [-0.25, -0.2) is 0 Å². The topological polar surface area (TPSA) is 16.4 Å². The number of para-hydroxylation sites is 1. The zero-order valence-electron chi connectivity index (χ0n) is 35.2. The Bertz CT molecular complexity index is 3520. The van der Waals surface area contributed by atoms with Gasteiger partial charge in [0.05, 0.1) is 0 Å². The fourth-order valence-corrected chi connectivity index (χ4v) is 10.1. The average molecular weight is 806 g/mol. The lowest BCUT2D eigenvalue weighted by molar-refractivity contribution is 0.662. The second-order valence-electron chi connectivity index (χ2n) is 17.3. The molecule has 2 nitrogen and oxygen atoms in total. The van der Waals surface area contributed by atoms with E-state index in [0.717, 1.165) is 50.1 Å². The molecule has 0 radical (unpaired) electrons. The zero-order valence-corrected chi connectivity index (χ0v) is 35.2. The van der Waals surface area contributed by atoms with E-state index < -0.39 is 0 Å². The second-order valence-corrected chi connectivity index (χ2v) is 17.3. The van der Waals surface area contributed by atoms with Crippen molar-refractivity contribution in [1.29, 1.82) is 0 Å². The Morgan fingerprint density at radius 3 is 1.59 bits per heavy atom. The molecular formula is C61H43NO. The number of anilines is 3. The number of nitrogens with zero attached hydrogens (tertiary/aromatic N) is 1. The van der Waals surface area contributed by atoms with Crippen molar-refractivity contribution >= 4 is 49.8 Å². The van der Waals surface area contributed by atoms with Crippen LogP contribution in [0.15, 0.2) is 229 Å². The SMILES string of the molecule is CC1(C)c2ccccc2-c2cccc(-c3ccc(N(c4ccc(-c5cccc(-c6ccc7ccccc7c6)c5)cc4)c4ccc(-c5ccc6oc7ccccc7c6c5)cc4)cc3)c21. The summed E-state index contributed by atoms with van der Waals surface area (Å²) in [5, 5.41) is 4.77. The maximum Gasteiger partial charge on any atom is 0.135 e. The van der Waals surface area contributed by atoms with Crippen molar-refractivity contribution in [3.8, 4) is 55.6 Å². The summed E-state index contributed by atoms with van der Waals surface area (Å²) in [6.45, 7) is 4.72. The zero-order chi connectivity index (χ0) is 42.1. The van der Waals surface area contributed by atoms with Gasteiger partial charge in [-0.15, -0.1) is 0 Å². The van der Waals surface area contributed by atoms with Crippen LogP contribution in [0.3, 0.4) is 0 Å². The normalized spacial score (nSPS) is 12.7. The molecule has 1 aliphatic carbocycles. The number of rotatable bonds is 7. The van der Waals surface area contributed by atoms with Gasteiger partial charge in [0, 0.05) is 33.2 Å². The molecule has 0 amide bonds. The largest absolute Gasteiger partial charge is 0.456 e. The first-order valence-corrected chi connectivity index (χ1v) is 21.8. The molecule has 1 aromatic heterocycles. The van der Waals surface area contributed by atoms with Crippen LogP contribution in [0.2, 0.25) is 0 Å². The van der Waals surface area contributed by atoms with Crippen LogP contribution in [0.4, 0.5) is 17.1 Å². The quantitative estimate of drug-likeness (QED) is 0.160. The standard InChI is InChI=1S/C61H43NO/c1-61(2)57-19-7-5-15-53(57)55-18-10-17-52(60(55)61)43-27-34-51(35-28-43)62(50-32-25-42(26-33-50)48-29-36-59-56(39-48)54-16-6-8-20-58(54)63-59)49-30-23-41(24-31-49)45-13-9-14-46(37-45)47-22-21-40-11-3-4-12-44(40)38-47/h3-39H,1-2H3. The van der Waals surface area contributed by atoms with Crippen molar-refractivity contribution in [1.82, 2.24) is 0 Å². The molecule has 0 saturated carbocycles. The number of furan rings is 1. The number of hydrogen-bond acceptors (Lipinski definition) is 2. The highest BCUT2D eigenvalue weighted by Gasteiger charge is 2.37. The van der Waals surface area contributed by atoms with Crippen molar-refractivity contribution in [3.05, 3.63) is 236 Å². The Balaban J connectivity index is 0.915. The predicted octanol–water partition coefficient (Wildman–Crippen LogP) is 17.2. The third kappa shape index (κ3) is 6.25. The summed E-state index contributed by atoms with van der Waals surface area (Å²) in [6, 6.07) is 81.7. The molecule has 0 spiro atoms. The van der Waals surface area contributed by atoms with E-state index in [2.05, 4.69) is 231 Å². The van der Waals surface area contributed by atoms with Crippen LogP contribution in [0.5, 0.6) is 0 Å². The Hall–Kier alpha value is -7.94. The van der Waals surface area contributed by atoms with E-state index in [0.29, 0.717) is 0 Å². The van der Waals surface area contributed by atoms with Gasteiger partial charge >= 0.3 is 0 Å². The fraction of sp³-hybridized carbons (Fsp3) is 0.0492. The van der Waals surface area contributed by atoms with Crippen molar-refractivity contribution < 1.29 is 4.42 Å². The van der Waals surface area contributed by atoms with Gasteiger partial charge in [0.2, 0.25) is 0 Å². The van der Waals surface area contributed by atoms with Gasteiger partial charge in [-0.2, -0.15) is 0 Å². The Morgan fingerprint density at radius 1 is 0.333 bits per heavy atom. The molecule has 10 aromatic carbocycles. The number of hydrogen-bond donors (Lipinski definition) is 0. The molecule has 1 heterocycles. The second kappa shape index (κ2) is 14.6. The highest BCUT2D eigenvalue weighted by molar-refractivity contribution is 6.06. The summed E-state index contributed by atoms with van der Waals surface area (Å²) < 4.78 is 6.15. The van der Waals surface area contributed by atoms with Gasteiger partial charge in [-0.05, 0) is 144 Å². The van der Waals surface area contributed by atoms with Crippen LogP contribution in [0.25, 0.3) is 88.3 Å². The van der Waals surface area contributed by atoms with Crippen LogP contribution in [-0.2, 0) is 5.41 Å². The van der Waals surface area contributed by atoms with E-state index in [1.165, 1.54) is 66.4 Å². The molecule has 11 aromatic rings. The monoisotopic (exact) mass is 805 g/mol. The lowest BCUT2D eigenvalue weighted by Gasteiger charge is -2.27. The lowest BCUT2D eigenvalue weighted by Crippen LogP contribution is -2.16. The molecule has 0 N–H and O–H groups in total. The summed E-state index contributed by atoms with van der Waals surface area (Å²) in [7, 11) is 0. The van der Waals surface area contributed by atoms with Gasteiger partial charge in [0.25, 0.3) is 0 Å². The first-order chi connectivity index (χ1) is 31.0. The molecule has 0 aliphatic heterocycles. The van der Waals surface area contributed by atoms with Crippen LogP contribution < -0.4 is 4.90 Å². The molecular weight excluding hydrogens is 763 g/mol. The van der Waals surface area contributed by atoms with Crippen LogP contribution in [0.1, 0.15) is 25.0 Å². The maximum atomic E-state index is 6.15. The minimum atomic E-state index is -0.0963. The van der Waals surface area contributed by atoms with Crippen LogP contribution in [0, 0.1) is 0 Å². The summed E-state index contributed by atoms with van der Waals surface area (Å²) in [5.74, 6) is 0. The molecule has 0 fully saturated rings. The molecule has 12 rings (SSSR count). The number of benzene rings is 10. The van der Waals surface area contributed by atoms with E-state index in [1.807, 2.05) is 12.1 Å². The van der Waals surface area contributed by atoms with E-state index in [1.54, 1.807) is 0 Å². The minimum Gasteiger partial charge on any atom is -0.456 e. The summed E-state index contributed by atoms with van der Waals surface area (Å²) in [4.78, 5) is 2.37. The summed E-state index contributed by atoms with van der Waals surface area (Å²) in [6.07, 6.45) is 0. The third-order valence-electron chi connectivity index (χ3n) is 13.3. The van der Waals surface area contributed by atoms with Crippen LogP contribution in [-0.4, -0.2) is 0 Å². The molecule has 298 valence electrons. The van der Waals surface area contributed by atoms with Gasteiger partial charge in [0.15, 0.2) is 0 Å². The van der Waals surface area contributed by atoms with Gasteiger partial charge < -0.3 is 9.32 Å². The average Bonchev–Trinajstić information content (AvgIpc) is 3.83. The highest BCUT2D eigenvalue weighted by atomic mass is 16.3. The van der Waals surface area contributed by atoms with Gasteiger partial charge in [-0.1, -0.05) is 172 Å². The first-order valence-electron chi connectivity index (χ1n) is 21.8. The highest BCUT2D eigenvalue weighted by Crippen LogP contribution is 2.52. The lowest BCUT2D eigenvalue weighted by atomic mass is 9.79. The molecule has 63 heavy (non-hydrogen) atoms. The van der Waals surface area contributed by atoms with Crippen LogP contribution >= 0.6 is 0 Å². The Morgan fingerprint density at radius 2 is 0.841 bits per heavy atom. The van der Waals surface area contributed by atoms with E-state index in [9.17, 15) is 0 Å². The molecule has 0 bridgehead atoms. The molecule has 0 unspecified atom stereocenters. The third-order valence-corrected chi connectivity index (χ3v) is 13.3. The molecule has 1 aliphatic rings. The van der Waals surface area contributed by atoms with Crippen molar-refractivity contribution in [2.24, 2.45) is 0 Å². The van der Waals surface area contributed by atoms with Crippen molar-refractivity contribution in [2.45, 2.75) is 19.3 Å². The molecule has 2 heteroatoms. The summed E-state index contributed by atoms with van der Waals surface area (Å²) >= 11 is 0.